The molecule has 3 aromatic heterocycles. The van der Waals surface area contributed by atoms with Gasteiger partial charge in [0, 0.05) is 41.0 Å². The highest BCUT2D eigenvalue weighted by molar-refractivity contribution is 5.98. The summed E-state index contributed by atoms with van der Waals surface area (Å²) >= 11 is 0. The van der Waals surface area contributed by atoms with E-state index < -0.39 is 82.8 Å². The largest absolute Gasteiger partial charge is 0.435 e. The molecule has 1 saturated carbocycles. The molecule has 5 aromatic rings. The second-order valence-corrected chi connectivity index (χ2v) is 13.4. The van der Waals surface area contributed by atoms with E-state index in [-0.39, 0.29) is 41.2 Å². The number of nitrogens with two attached hydrogens (primary N) is 1. The number of para-hydroxylation sites is 1. The number of hydrogen-bond acceptors (Lipinski definition) is 7. The van der Waals surface area contributed by atoms with E-state index in [1.165, 1.54) is 19.9 Å². The number of pyridine rings is 1. The summed E-state index contributed by atoms with van der Waals surface area (Å²) in [5, 5.41) is 18.0. The minimum atomic E-state index is -5.02. The molecule has 0 bridgehead atoms. The highest BCUT2D eigenvalue weighted by Gasteiger charge is 2.68. The minimum Gasteiger partial charge on any atom is -0.380 e. The Morgan fingerprint density at radius 2 is 1.84 bits per heavy atom. The number of anilines is 1. The summed E-state index contributed by atoms with van der Waals surface area (Å²) in [5.74, 6) is -4.06. The zero-order chi connectivity index (χ0) is 36.6. The molecule has 2 aliphatic carbocycles. The Labute approximate surface area is 285 Å². The lowest BCUT2D eigenvalue weighted by molar-refractivity contribution is -0.142. The summed E-state index contributed by atoms with van der Waals surface area (Å²) in [5.41, 5.74) is 3.06. The van der Waals surface area contributed by atoms with Crippen LogP contribution in [0, 0.1) is 29.4 Å². The van der Waals surface area contributed by atoms with Crippen LogP contribution in [0.2, 0.25) is 0 Å². The van der Waals surface area contributed by atoms with E-state index in [1.54, 1.807) is 24.3 Å². The number of alkyl halides is 5. The lowest BCUT2D eigenvalue weighted by Gasteiger charge is -2.21. The number of hydrogen-bond donors (Lipinski definition) is 2. The fourth-order valence-electron chi connectivity index (χ4n) is 6.87. The predicted octanol–water partition coefficient (Wildman–Crippen LogP) is 7.28. The molecule has 0 saturated heterocycles. The molecule has 2 aliphatic rings. The molecule has 0 aliphatic heterocycles. The van der Waals surface area contributed by atoms with E-state index in [1.807, 2.05) is 0 Å². The van der Waals surface area contributed by atoms with Crippen LogP contribution in [-0.2, 0) is 29.9 Å². The smallest absolute Gasteiger partial charge is 0.380 e. The zero-order valence-corrected chi connectivity index (χ0v) is 27.0. The number of fused-ring (bicyclic) bond motifs is 4. The van der Waals surface area contributed by atoms with Gasteiger partial charge in [-0.3, -0.25) is 9.48 Å². The van der Waals surface area contributed by atoms with Crippen molar-refractivity contribution in [2.24, 2.45) is 5.92 Å². The highest BCUT2D eigenvalue weighted by Crippen LogP contribution is 2.68. The Kier molecular flexibility index (Phi) is 8.01. The summed E-state index contributed by atoms with van der Waals surface area (Å²) in [6.07, 6.45) is -5.88. The molecule has 3 atom stereocenters. The lowest BCUT2D eigenvalue weighted by Crippen LogP contribution is -2.24. The number of aliphatic hydroxyl groups is 1. The van der Waals surface area contributed by atoms with Gasteiger partial charge < -0.3 is 15.4 Å². The SMILES string of the molecule is CC(C)(O)C#Cc1ccc(-c2cccc3c(N)noc23)c([C@@H](CC(=O)Cn2nc(C(F)(F)F)c3c2C(F)(F)[C@@H]2C[C@H]32)Cc2cc(F)cc(F)c2)n1. The van der Waals surface area contributed by atoms with Crippen molar-refractivity contribution in [2.45, 2.75) is 69.2 Å². The van der Waals surface area contributed by atoms with Crippen molar-refractivity contribution in [1.29, 1.82) is 0 Å². The van der Waals surface area contributed by atoms with Gasteiger partial charge in [-0.25, -0.2) is 13.8 Å². The number of benzene rings is 2. The van der Waals surface area contributed by atoms with E-state index in [2.05, 4.69) is 22.1 Å². The summed E-state index contributed by atoms with van der Waals surface area (Å²) < 4.78 is 107. The summed E-state index contributed by atoms with van der Waals surface area (Å²) in [6.45, 7) is 1.98. The molecule has 8 nitrogen and oxygen atoms in total. The molecule has 3 heterocycles. The number of carbonyl (C=O) groups excluding carboxylic acids is 1. The van der Waals surface area contributed by atoms with Crippen LogP contribution in [0.1, 0.15) is 72.4 Å². The number of halogens is 7. The van der Waals surface area contributed by atoms with Crippen LogP contribution in [0.5, 0.6) is 0 Å². The van der Waals surface area contributed by atoms with Gasteiger partial charge in [0.25, 0.3) is 5.92 Å². The number of aromatic nitrogens is 4. The fraction of sp³-hybridized carbons (Fsp3) is 0.333. The van der Waals surface area contributed by atoms with E-state index in [0.717, 1.165) is 12.1 Å². The Morgan fingerprint density at radius 1 is 1.12 bits per heavy atom. The van der Waals surface area contributed by atoms with Gasteiger partial charge in [0.15, 0.2) is 22.9 Å². The van der Waals surface area contributed by atoms with E-state index in [4.69, 9.17) is 15.2 Å². The third kappa shape index (κ3) is 6.44. The lowest BCUT2D eigenvalue weighted by atomic mass is 9.86. The van der Waals surface area contributed by atoms with E-state index in [0.29, 0.717) is 27.3 Å². The Morgan fingerprint density at radius 3 is 2.53 bits per heavy atom. The van der Waals surface area contributed by atoms with Gasteiger partial charge in [-0.05, 0) is 74.4 Å². The van der Waals surface area contributed by atoms with Crippen LogP contribution in [0.4, 0.5) is 36.6 Å². The van der Waals surface area contributed by atoms with Gasteiger partial charge >= 0.3 is 6.18 Å². The maximum Gasteiger partial charge on any atom is 0.435 e. The molecule has 7 rings (SSSR count). The first-order valence-corrected chi connectivity index (χ1v) is 15.8. The first kappa shape index (κ1) is 34.2. The number of ketones is 1. The van der Waals surface area contributed by atoms with Crippen molar-refractivity contribution in [3.05, 3.63) is 94.1 Å². The molecule has 15 heteroatoms. The van der Waals surface area contributed by atoms with Gasteiger partial charge in [0.2, 0.25) is 0 Å². The second kappa shape index (κ2) is 11.9. The number of Topliss-reactive ketones (excluding diaryl/α,β-unsaturated/α-hetero) is 1. The van der Waals surface area contributed by atoms with Crippen molar-refractivity contribution in [3.8, 4) is 23.0 Å². The topological polar surface area (TPSA) is 120 Å². The normalized spacial score (nSPS) is 18.2. The molecular formula is C36H28F7N5O3. The van der Waals surface area contributed by atoms with E-state index in [9.17, 15) is 31.9 Å². The Hall–Kier alpha value is -5.23. The molecule has 3 N–H and O–H groups in total. The average Bonchev–Trinajstić information content (AvgIpc) is 3.53. The van der Waals surface area contributed by atoms with Crippen LogP contribution in [0.3, 0.4) is 0 Å². The monoisotopic (exact) mass is 711 g/mol. The molecule has 0 amide bonds. The van der Waals surface area contributed by atoms with Gasteiger partial charge in [0.05, 0.1) is 11.1 Å². The van der Waals surface area contributed by atoms with Crippen molar-refractivity contribution < 1.29 is 45.2 Å². The van der Waals surface area contributed by atoms with Crippen molar-refractivity contribution >= 4 is 22.6 Å². The van der Waals surface area contributed by atoms with Gasteiger partial charge in [-0.15, -0.1) is 0 Å². The average molecular weight is 712 g/mol. The van der Waals surface area contributed by atoms with Crippen molar-refractivity contribution in [3.63, 3.8) is 0 Å². The number of nitrogen functional groups attached to an aromatic ring is 1. The maximum atomic E-state index is 15.3. The Bertz CT molecular complexity index is 2260. The third-order valence-corrected chi connectivity index (χ3v) is 9.03. The van der Waals surface area contributed by atoms with Gasteiger partial charge in [-0.2, -0.15) is 27.1 Å². The second-order valence-electron chi connectivity index (χ2n) is 13.4. The molecule has 264 valence electrons. The quantitative estimate of drug-likeness (QED) is 0.128. The van der Waals surface area contributed by atoms with Crippen LogP contribution >= 0.6 is 0 Å². The maximum absolute atomic E-state index is 15.3. The van der Waals surface area contributed by atoms with E-state index >= 15 is 8.78 Å². The van der Waals surface area contributed by atoms with Gasteiger partial charge in [-0.1, -0.05) is 23.2 Å². The number of rotatable bonds is 8. The molecule has 51 heavy (non-hydrogen) atoms. The predicted molar refractivity (Wildman–Crippen MR) is 169 cm³/mol. The van der Waals surface area contributed by atoms with Crippen LogP contribution < -0.4 is 5.73 Å². The molecule has 1 fully saturated rings. The fourth-order valence-corrected chi connectivity index (χ4v) is 6.87. The molecule has 2 aromatic carbocycles. The highest BCUT2D eigenvalue weighted by atomic mass is 19.4. The molecular weight excluding hydrogens is 683 g/mol. The first-order chi connectivity index (χ1) is 23.9. The molecule has 0 spiro atoms. The number of nitrogens with zero attached hydrogens (tertiary/aromatic N) is 4. The van der Waals surface area contributed by atoms with Crippen molar-refractivity contribution in [2.75, 3.05) is 5.73 Å². The first-order valence-electron chi connectivity index (χ1n) is 15.8. The van der Waals surface area contributed by atoms with Crippen molar-refractivity contribution in [1.82, 2.24) is 19.9 Å². The minimum absolute atomic E-state index is 0.0930. The summed E-state index contributed by atoms with van der Waals surface area (Å²) in [4.78, 5) is 18.5. The number of carbonyl (C=O) groups is 1. The van der Waals surface area contributed by atoms with Gasteiger partial charge in [0.1, 0.15) is 35.2 Å². The van der Waals surface area contributed by atoms with Crippen LogP contribution in [0.25, 0.3) is 22.1 Å². The van der Waals surface area contributed by atoms with Crippen LogP contribution in [-0.4, -0.2) is 36.4 Å². The zero-order valence-electron chi connectivity index (χ0n) is 27.0. The summed E-state index contributed by atoms with van der Waals surface area (Å²) in [6, 6.07) is 10.9. The molecule has 0 radical (unpaired) electrons. The third-order valence-electron chi connectivity index (χ3n) is 9.03. The van der Waals surface area contributed by atoms with Crippen LogP contribution in [0.15, 0.2) is 53.1 Å². The molecule has 0 unspecified atom stereocenters. The Balaban J connectivity index is 1.34. The summed E-state index contributed by atoms with van der Waals surface area (Å²) in [7, 11) is 0. The standard InChI is InChI=1S/C36H28F7N5O3/c1-34(2,50)9-8-21-6-7-23(24-4-3-5-25-30(24)51-47-33(25)44)29(45-21)18(10-17-11-19(37)14-20(38)12-17)13-22(49)16-48-32-28(31(46-48)36(41,42)43)26-15-27(26)35(32,39)40/h3-7,11-12,14,18,26-27,50H,10,13,15-16H2,1-2H3,(H2,44,47)/t18-,26+,27-/m1/s1.